The van der Waals surface area contributed by atoms with Crippen molar-refractivity contribution in [1.82, 2.24) is 0 Å². The van der Waals surface area contributed by atoms with Gasteiger partial charge < -0.3 is 4.48 Å². The van der Waals surface area contributed by atoms with Gasteiger partial charge in [0.15, 0.2) is 0 Å². The van der Waals surface area contributed by atoms with Crippen molar-refractivity contribution < 1.29 is 9.28 Å². The molecular formula is C21H44NO+. The predicted molar refractivity (Wildman–Crippen MR) is 103 cm³/mol. The molecule has 23 heavy (non-hydrogen) atoms. The number of hydrogen-bond acceptors (Lipinski definition) is 1. The quantitative estimate of drug-likeness (QED) is 0.232. The molecule has 0 radical (unpaired) electrons. The molecule has 0 aliphatic rings. The maximum atomic E-state index is 11.8. The molecule has 0 bridgehead atoms. The number of carbonyl (C=O) groups excluding carboxylic acids is 1. The number of hydrogen-bond donors (Lipinski definition) is 0. The van der Waals surface area contributed by atoms with E-state index in [2.05, 4.69) is 28.1 Å². The van der Waals surface area contributed by atoms with Crippen molar-refractivity contribution in [1.29, 1.82) is 0 Å². The molecule has 0 saturated carbocycles. The molecule has 0 aromatic carbocycles. The van der Waals surface area contributed by atoms with E-state index in [1.165, 1.54) is 77.0 Å². The van der Waals surface area contributed by atoms with E-state index in [1.54, 1.807) is 0 Å². The zero-order valence-electron chi connectivity index (χ0n) is 16.7. The molecule has 0 rings (SSSR count). The van der Waals surface area contributed by atoms with Gasteiger partial charge in [0.25, 0.3) is 0 Å². The summed E-state index contributed by atoms with van der Waals surface area (Å²) in [6, 6.07) is 0. The first kappa shape index (κ1) is 22.6. The van der Waals surface area contributed by atoms with Crippen LogP contribution in [0.5, 0.6) is 0 Å². The molecule has 0 unspecified atom stereocenters. The average molecular weight is 327 g/mol. The van der Waals surface area contributed by atoms with E-state index in [0.717, 1.165) is 30.3 Å². The molecular weight excluding hydrogens is 282 g/mol. The molecule has 0 aliphatic carbocycles. The van der Waals surface area contributed by atoms with Crippen LogP contribution in [0.4, 0.5) is 0 Å². The summed E-state index contributed by atoms with van der Waals surface area (Å²) >= 11 is 0. The van der Waals surface area contributed by atoms with Crippen molar-refractivity contribution in [3.05, 3.63) is 0 Å². The minimum Gasteiger partial charge on any atom is -0.331 e. The first-order valence-electron chi connectivity index (χ1n) is 10.3. The summed E-state index contributed by atoms with van der Waals surface area (Å²) in [6.07, 6.45) is 19.3. The van der Waals surface area contributed by atoms with Gasteiger partial charge in [-0.3, -0.25) is 4.79 Å². The van der Waals surface area contributed by atoms with Gasteiger partial charge in [-0.05, 0) is 6.42 Å². The molecule has 0 aromatic rings. The zero-order valence-corrected chi connectivity index (χ0v) is 16.7. The Balaban J connectivity index is 3.17. The van der Waals surface area contributed by atoms with Crippen LogP contribution in [-0.2, 0) is 4.79 Å². The number of rotatable bonds is 17. The lowest BCUT2D eigenvalue weighted by Gasteiger charge is -2.23. The van der Waals surface area contributed by atoms with E-state index in [-0.39, 0.29) is 0 Å². The van der Waals surface area contributed by atoms with Crippen molar-refractivity contribution >= 4 is 5.78 Å². The Morgan fingerprint density at radius 1 is 0.609 bits per heavy atom. The number of ketones is 1. The Hall–Kier alpha value is -0.370. The van der Waals surface area contributed by atoms with Gasteiger partial charge in [-0.15, -0.1) is 0 Å². The average Bonchev–Trinajstić information content (AvgIpc) is 2.49. The Kier molecular flexibility index (Phi) is 14.9. The van der Waals surface area contributed by atoms with Gasteiger partial charge in [-0.1, -0.05) is 84.0 Å². The summed E-state index contributed by atoms with van der Waals surface area (Å²) in [4.78, 5) is 11.8. The van der Waals surface area contributed by atoms with Gasteiger partial charge in [0.05, 0.1) is 34.1 Å². The van der Waals surface area contributed by atoms with Crippen molar-refractivity contribution in [2.75, 3.05) is 27.7 Å². The zero-order chi connectivity index (χ0) is 17.4. The van der Waals surface area contributed by atoms with Crippen LogP contribution >= 0.6 is 0 Å². The van der Waals surface area contributed by atoms with E-state index in [0.29, 0.717) is 5.78 Å². The van der Waals surface area contributed by atoms with Gasteiger partial charge in [-0.2, -0.15) is 0 Å². The molecule has 0 saturated heterocycles. The monoisotopic (exact) mass is 326 g/mol. The summed E-state index contributed by atoms with van der Waals surface area (Å²) < 4.78 is 0.893. The van der Waals surface area contributed by atoms with E-state index < -0.39 is 0 Å². The van der Waals surface area contributed by atoms with Gasteiger partial charge in [0.2, 0.25) is 0 Å². The Morgan fingerprint density at radius 2 is 1.00 bits per heavy atom. The number of carbonyl (C=O) groups is 1. The van der Waals surface area contributed by atoms with Crippen LogP contribution in [0.25, 0.3) is 0 Å². The van der Waals surface area contributed by atoms with Crippen molar-refractivity contribution in [3.8, 4) is 0 Å². The van der Waals surface area contributed by atoms with Crippen LogP contribution in [0.15, 0.2) is 0 Å². The van der Waals surface area contributed by atoms with Gasteiger partial charge in [0, 0.05) is 6.42 Å². The van der Waals surface area contributed by atoms with E-state index >= 15 is 0 Å². The molecule has 0 spiro atoms. The minimum atomic E-state index is 0.459. The van der Waals surface area contributed by atoms with Gasteiger partial charge in [-0.25, -0.2) is 0 Å². The summed E-state index contributed by atoms with van der Waals surface area (Å²) in [5.41, 5.74) is 0. The third-order valence-corrected chi connectivity index (χ3v) is 4.62. The third-order valence-electron chi connectivity index (χ3n) is 4.62. The van der Waals surface area contributed by atoms with E-state index in [4.69, 9.17) is 0 Å². The second-order valence-corrected chi connectivity index (χ2v) is 8.30. The summed E-state index contributed by atoms with van der Waals surface area (Å²) in [7, 11) is 6.45. The first-order chi connectivity index (χ1) is 11.0. The highest BCUT2D eigenvalue weighted by molar-refractivity contribution is 5.78. The van der Waals surface area contributed by atoms with E-state index in [1.807, 2.05) is 0 Å². The fraction of sp³-hybridized carbons (Fsp3) is 0.952. The standard InChI is InChI=1S/C21H44NO/c1-5-6-7-8-9-10-11-12-13-14-15-16-17-18-21(23)19-20-22(2,3)4/h5-20H2,1-4H3/q+1. The Bertz CT molecular complexity index is 268. The summed E-state index contributed by atoms with van der Waals surface area (Å²) in [6.45, 7) is 3.25. The molecule has 0 fully saturated rings. The number of Topliss-reactive ketones (excluding diaryl/α,β-unsaturated/α-hetero) is 1. The molecule has 138 valence electrons. The van der Waals surface area contributed by atoms with Crippen LogP contribution in [0.2, 0.25) is 0 Å². The largest absolute Gasteiger partial charge is 0.331 e. The van der Waals surface area contributed by atoms with Crippen molar-refractivity contribution in [2.45, 2.75) is 103 Å². The smallest absolute Gasteiger partial charge is 0.138 e. The Labute approximate surface area is 146 Å². The summed E-state index contributed by atoms with van der Waals surface area (Å²) in [5.74, 6) is 0.459. The lowest BCUT2D eigenvalue weighted by molar-refractivity contribution is -0.869. The lowest BCUT2D eigenvalue weighted by Crippen LogP contribution is -2.36. The lowest BCUT2D eigenvalue weighted by atomic mass is 10.0. The third kappa shape index (κ3) is 19.6. The number of quaternary nitrogens is 1. The molecule has 0 aliphatic heterocycles. The van der Waals surface area contributed by atoms with Crippen LogP contribution in [-0.4, -0.2) is 38.0 Å². The Morgan fingerprint density at radius 3 is 1.39 bits per heavy atom. The normalized spacial score (nSPS) is 11.8. The van der Waals surface area contributed by atoms with Crippen molar-refractivity contribution in [3.63, 3.8) is 0 Å². The fourth-order valence-electron chi connectivity index (χ4n) is 2.93. The second kappa shape index (κ2) is 15.2. The van der Waals surface area contributed by atoms with Crippen LogP contribution in [0.3, 0.4) is 0 Å². The highest BCUT2D eigenvalue weighted by atomic mass is 16.1. The maximum Gasteiger partial charge on any atom is 0.138 e. The van der Waals surface area contributed by atoms with E-state index in [9.17, 15) is 4.79 Å². The van der Waals surface area contributed by atoms with Crippen molar-refractivity contribution in [2.24, 2.45) is 0 Å². The first-order valence-corrected chi connectivity index (χ1v) is 10.3. The molecule has 0 amide bonds. The molecule has 0 N–H and O–H groups in total. The molecule has 0 aromatic heterocycles. The van der Waals surface area contributed by atoms with Crippen LogP contribution in [0, 0.1) is 0 Å². The fourth-order valence-corrected chi connectivity index (χ4v) is 2.93. The summed E-state index contributed by atoms with van der Waals surface area (Å²) in [5, 5.41) is 0. The highest BCUT2D eigenvalue weighted by Gasteiger charge is 2.10. The molecule has 0 atom stereocenters. The minimum absolute atomic E-state index is 0.459. The van der Waals surface area contributed by atoms with Gasteiger partial charge >= 0.3 is 0 Å². The van der Waals surface area contributed by atoms with Gasteiger partial charge in [0.1, 0.15) is 5.78 Å². The van der Waals surface area contributed by atoms with Crippen LogP contribution < -0.4 is 0 Å². The van der Waals surface area contributed by atoms with Crippen LogP contribution in [0.1, 0.15) is 103 Å². The maximum absolute atomic E-state index is 11.8. The highest BCUT2D eigenvalue weighted by Crippen LogP contribution is 2.13. The molecule has 0 heterocycles. The topological polar surface area (TPSA) is 17.1 Å². The second-order valence-electron chi connectivity index (χ2n) is 8.30. The molecule has 2 nitrogen and oxygen atoms in total. The predicted octanol–water partition coefficient (Wildman–Crippen LogP) is 6.13. The number of unbranched alkanes of at least 4 members (excludes halogenated alkanes) is 12. The molecule has 2 heteroatoms. The number of nitrogens with zero attached hydrogens (tertiary/aromatic N) is 1. The SMILES string of the molecule is CCCCCCCCCCCCCCCC(=O)CC[N+](C)(C)C.